The largest absolute Gasteiger partial charge is 0.467 e. The van der Waals surface area contributed by atoms with Gasteiger partial charge in [0, 0.05) is 12.2 Å². The van der Waals surface area contributed by atoms with Gasteiger partial charge in [-0.15, -0.1) is 0 Å². The summed E-state index contributed by atoms with van der Waals surface area (Å²) in [7, 11) is 0. The first kappa shape index (κ1) is 15.3. The zero-order chi connectivity index (χ0) is 16.4. The van der Waals surface area contributed by atoms with E-state index >= 15 is 0 Å². The van der Waals surface area contributed by atoms with Crippen molar-refractivity contribution in [1.29, 1.82) is 0 Å². The van der Waals surface area contributed by atoms with Crippen molar-refractivity contribution in [2.75, 3.05) is 11.4 Å². The number of furan rings is 1. The molecule has 5 nitrogen and oxygen atoms in total. The van der Waals surface area contributed by atoms with Crippen LogP contribution in [0.15, 0.2) is 41.0 Å². The number of nitrogens with one attached hydrogen (secondary N) is 1. The lowest BCUT2D eigenvalue weighted by Crippen LogP contribution is -2.36. The maximum Gasteiger partial charge on any atom is 0.239 e. The number of hydrogen-bond donors (Lipinski definition) is 1. The van der Waals surface area contributed by atoms with Gasteiger partial charge in [0.2, 0.25) is 11.8 Å². The first-order valence-corrected chi connectivity index (χ1v) is 7.75. The molecular formula is C18H20N2O3. The molecule has 1 fully saturated rings. The SMILES string of the molecule is Cc1ccc(N2CC[C@@H](C(=O)NCc3ccco3)C2=O)cc1C. The summed E-state index contributed by atoms with van der Waals surface area (Å²) in [5.41, 5.74) is 3.19. The highest BCUT2D eigenvalue weighted by Gasteiger charge is 2.37. The average molecular weight is 312 g/mol. The predicted molar refractivity (Wildman–Crippen MR) is 86.9 cm³/mol. The maximum absolute atomic E-state index is 12.5. The quantitative estimate of drug-likeness (QED) is 0.883. The maximum atomic E-state index is 12.5. The van der Waals surface area contributed by atoms with Gasteiger partial charge in [-0.1, -0.05) is 6.07 Å². The fraction of sp³-hybridized carbons (Fsp3) is 0.333. The number of hydrogen-bond acceptors (Lipinski definition) is 3. The Morgan fingerprint density at radius 1 is 1.30 bits per heavy atom. The van der Waals surface area contributed by atoms with Crippen LogP contribution in [0.1, 0.15) is 23.3 Å². The molecule has 0 spiro atoms. The molecule has 1 aliphatic heterocycles. The molecule has 0 bridgehead atoms. The number of benzene rings is 1. The standard InChI is InChI=1S/C18H20N2O3/c1-12-5-6-14(10-13(12)2)20-8-7-16(18(20)22)17(21)19-11-15-4-3-9-23-15/h3-6,9-10,16H,7-8,11H2,1-2H3,(H,19,21)/t16-/m0/s1. The molecule has 5 heteroatoms. The summed E-state index contributed by atoms with van der Waals surface area (Å²) in [6, 6.07) is 9.49. The van der Waals surface area contributed by atoms with E-state index in [4.69, 9.17) is 4.42 Å². The number of carbonyl (C=O) groups excluding carboxylic acids is 2. The lowest BCUT2D eigenvalue weighted by atomic mass is 10.1. The molecular weight excluding hydrogens is 292 g/mol. The summed E-state index contributed by atoms with van der Waals surface area (Å²) in [6.07, 6.45) is 2.10. The summed E-state index contributed by atoms with van der Waals surface area (Å²) in [5.74, 6) is -0.315. The van der Waals surface area contributed by atoms with Gasteiger partial charge in [-0.2, -0.15) is 0 Å². The molecule has 120 valence electrons. The van der Waals surface area contributed by atoms with Gasteiger partial charge in [0.15, 0.2) is 0 Å². The minimum Gasteiger partial charge on any atom is -0.467 e. The highest BCUT2D eigenvalue weighted by atomic mass is 16.3. The van der Waals surface area contributed by atoms with Crippen molar-refractivity contribution < 1.29 is 14.0 Å². The van der Waals surface area contributed by atoms with Crippen LogP contribution < -0.4 is 10.2 Å². The van der Waals surface area contributed by atoms with Crippen molar-refractivity contribution in [2.24, 2.45) is 5.92 Å². The van der Waals surface area contributed by atoms with Crippen LogP contribution in [0.2, 0.25) is 0 Å². The third-order valence-electron chi connectivity index (χ3n) is 4.34. The molecule has 0 saturated carbocycles. The third-order valence-corrected chi connectivity index (χ3v) is 4.34. The summed E-state index contributed by atoms with van der Waals surface area (Å²) in [4.78, 5) is 26.5. The third kappa shape index (κ3) is 3.13. The molecule has 23 heavy (non-hydrogen) atoms. The second kappa shape index (κ2) is 6.28. The average Bonchev–Trinajstić information content (AvgIpc) is 3.17. The fourth-order valence-corrected chi connectivity index (χ4v) is 2.78. The number of nitrogens with zero attached hydrogens (tertiary/aromatic N) is 1. The van der Waals surface area contributed by atoms with Crippen molar-refractivity contribution in [3.8, 4) is 0 Å². The van der Waals surface area contributed by atoms with Crippen molar-refractivity contribution in [3.63, 3.8) is 0 Å². The van der Waals surface area contributed by atoms with E-state index in [1.54, 1.807) is 23.3 Å². The minimum absolute atomic E-state index is 0.134. The summed E-state index contributed by atoms with van der Waals surface area (Å²) < 4.78 is 5.18. The molecule has 1 N–H and O–H groups in total. The smallest absolute Gasteiger partial charge is 0.239 e. The second-order valence-corrected chi connectivity index (χ2v) is 5.90. The number of anilines is 1. The zero-order valence-corrected chi connectivity index (χ0v) is 13.3. The van der Waals surface area contributed by atoms with Crippen molar-refractivity contribution in [3.05, 3.63) is 53.5 Å². The Balaban J connectivity index is 1.66. The van der Waals surface area contributed by atoms with E-state index in [2.05, 4.69) is 5.32 Å². The monoisotopic (exact) mass is 312 g/mol. The Hall–Kier alpha value is -2.56. The van der Waals surface area contributed by atoms with Gasteiger partial charge < -0.3 is 14.6 Å². The number of aryl methyl sites for hydroxylation is 2. The van der Waals surface area contributed by atoms with E-state index in [9.17, 15) is 9.59 Å². The van der Waals surface area contributed by atoms with Crippen LogP contribution >= 0.6 is 0 Å². The normalized spacial score (nSPS) is 17.6. The molecule has 1 saturated heterocycles. The van der Waals surface area contributed by atoms with Crippen molar-refractivity contribution >= 4 is 17.5 Å². The highest BCUT2D eigenvalue weighted by Crippen LogP contribution is 2.27. The minimum atomic E-state index is -0.619. The molecule has 2 aromatic rings. The second-order valence-electron chi connectivity index (χ2n) is 5.90. The molecule has 1 atom stereocenters. The first-order valence-electron chi connectivity index (χ1n) is 7.75. The van der Waals surface area contributed by atoms with Crippen LogP contribution in [0, 0.1) is 19.8 Å². The van der Waals surface area contributed by atoms with Crippen LogP contribution in [0.5, 0.6) is 0 Å². The molecule has 0 radical (unpaired) electrons. The highest BCUT2D eigenvalue weighted by molar-refractivity contribution is 6.09. The molecule has 2 amide bonds. The molecule has 3 rings (SSSR count). The lowest BCUT2D eigenvalue weighted by Gasteiger charge is -2.18. The van der Waals surface area contributed by atoms with Gasteiger partial charge >= 0.3 is 0 Å². The predicted octanol–water partition coefficient (Wildman–Crippen LogP) is 2.57. The van der Waals surface area contributed by atoms with Crippen LogP contribution in [0.4, 0.5) is 5.69 Å². The van der Waals surface area contributed by atoms with Gasteiger partial charge in [0.25, 0.3) is 0 Å². The summed E-state index contributed by atoms with van der Waals surface area (Å²) in [6.45, 7) is 4.93. The Morgan fingerprint density at radius 3 is 2.83 bits per heavy atom. The van der Waals surface area contributed by atoms with E-state index in [1.165, 1.54) is 5.56 Å². The molecule has 1 aromatic carbocycles. The molecule has 0 aliphatic carbocycles. The van der Waals surface area contributed by atoms with Crippen molar-refractivity contribution in [2.45, 2.75) is 26.8 Å². The lowest BCUT2D eigenvalue weighted by molar-refractivity contribution is -0.132. The Kier molecular flexibility index (Phi) is 4.19. The van der Waals surface area contributed by atoms with Gasteiger partial charge in [-0.25, -0.2) is 0 Å². The van der Waals surface area contributed by atoms with E-state index in [-0.39, 0.29) is 11.8 Å². The van der Waals surface area contributed by atoms with E-state index in [1.807, 2.05) is 32.0 Å². The van der Waals surface area contributed by atoms with Crippen LogP contribution in [0.25, 0.3) is 0 Å². The summed E-state index contributed by atoms with van der Waals surface area (Å²) in [5, 5.41) is 2.77. The number of carbonyl (C=O) groups is 2. The van der Waals surface area contributed by atoms with Crippen molar-refractivity contribution in [1.82, 2.24) is 5.32 Å². The first-order chi connectivity index (χ1) is 11.1. The van der Waals surface area contributed by atoms with E-state index < -0.39 is 5.92 Å². The summed E-state index contributed by atoms with van der Waals surface area (Å²) >= 11 is 0. The van der Waals surface area contributed by atoms with E-state index in [0.29, 0.717) is 25.3 Å². The Bertz CT molecular complexity index is 722. The van der Waals surface area contributed by atoms with Gasteiger partial charge in [0.05, 0.1) is 12.8 Å². The van der Waals surface area contributed by atoms with Crippen LogP contribution in [-0.2, 0) is 16.1 Å². The van der Waals surface area contributed by atoms with Gasteiger partial charge in [0.1, 0.15) is 11.7 Å². The van der Waals surface area contributed by atoms with Gasteiger partial charge in [-0.3, -0.25) is 9.59 Å². The number of amides is 2. The molecule has 1 aliphatic rings. The van der Waals surface area contributed by atoms with Crippen LogP contribution in [-0.4, -0.2) is 18.4 Å². The molecule has 2 heterocycles. The Morgan fingerprint density at radius 2 is 2.13 bits per heavy atom. The van der Waals surface area contributed by atoms with Gasteiger partial charge in [-0.05, 0) is 55.7 Å². The Labute approximate surface area is 135 Å². The topological polar surface area (TPSA) is 62.6 Å². The van der Waals surface area contributed by atoms with E-state index in [0.717, 1.165) is 11.3 Å². The van der Waals surface area contributed by atoms with Crippen LogP contribution in [0.3, 0.4) is 0 Å². The molecule has 1 aromatic heterocycles. The fourth-order valence-electron chi connectivity index (χ4n) is 2.78. The number of rotatable bonds is 4. The molecule has 0 unspecified atom stereocenters. The zero-order valence-electron chi connectivity index (χ0n) is 13.3.